The summed E-state index contributed by atoms with van der Waals surface area (Å²) in [6, 6.07) is 5.00. The van der Waals surface area contributed by atoms with Crippen molar-refractivity contribution in [2.24, 2.45) is 0 Å². The summed E-state index contributed by atoms with van der Waals surface area (Å²) in [5, 5.41) is 6.53. The highest BCUT2D eigenvalue weighted by Crippen LogP contribution is 2.33. The molecule has 0 aliphatic heterocycles. The molecule has 5 nitrogen and oxygen atoms in total. The van der Waals surface area contributed by atoms with Gasteiger partial charge in [0.05, 0.1) is 19.4 Å². The number of aromatic amines is 1. The smallest absolute Gasteiger partial charge is 0.171 e. The number of nitrogens with one attached hydrogen (secondary N) is 1. The molecule has 0 aliphatic rings. The van der Waals surface area contributed by atoms with Crippen molar-refractivity contribution in [1.82, 2.24) is 10.2 Å². The Labute approximate surface area is 104 Å². The fourth-order valence-electron chi connectivity index (χ4n) is 1.75. The average Bonchev–Trinajstić information content (AvgIpc) is 2.78. The minimum Gasteiger partial charge on any atom is -0.493 e. The maximum atomic E-state index is 14.1. The second-order valence-corrected chi connectivity index (χ2v) is 3.76. The van der Waals surface area contributed by atoms with Crippen LogP contribution in [-0.2, 0) is 11.3 Å². The monoisotopic (exact) mass is 251 g/mol. The van der Waals surface area contributed by atoms with Crippen LogP contribution in [0.4, 0.5) is 10.2 Å². The van der Waals surface area contributed by atoms with E-state index in [4.69, 9.17) is 15.2 Å². The molecule has 0 saturated heterocycles. The van der Waals surface area contributed by atoms with Gasteiger partial charge in [-0.2, -0.15) is 5.10 Å². The number of methoxy groups -OCH3 is 2. The van der Waals surface area contributed by atoms with Gasteiger partial charge in [-0.15, -0.1) is 0 Å². The molecule has 6 heteroatoms. The molecule has 1 aromatic carbocycles. The second-order valence-electron chi connectivity index (χ2n) is 3.76. The first-order valence-corrected chi connectivity index (χ1v) is 5.33. The topological polar surface area (TPSA) is 73.2 Å². The molecule has 0 radical (unpaired) electrons. The van der Waals surface area contributed by atoms with Crippen molar-refractivity contribution in [3.05, 3.63) is 29.6 Å². The molecule has 0 unspecified atom stereocenters. The second kappa shape index (κ2) is 5.05. The molecule has 1 aromatic heterocycles. The van der Waals surface area contributed by atoms with Crippen LogP contribution in [-0.4, -0.2) is 24.4 Å². The van der Waals surface area contributed by atoms with Gasteiger partial charge in [0, 0.05) is 24.3 Å². The van der Waals surface area contributed by atoms with E-state index in [-0.39, 0.29) is 12.4 Å². The number of anilines is 1. The lowest BCUT2D eigenvalue weighted by molar-refractivity contribution is 0.180. The maximum absolute atomic E-state index is 14.1. The molecule has 0 bridgehead atoms. The summed E-state index contributed by atoms with van der Waals surface area (Å²) in [5.74, 6) is 0.0478. The standard InChI is InChI=1S/C12H14FN3O2/c1-17-6-7-3-4-8(12(18-2)11(7)13)9-5-10(14)16-15-9/h3-5H,6H2,1-2H3,(H3,14,15,16). The zero-order valence-corrected chi connectivity index (χ0v) is 10.2. The number of nitrogens with two attached hydrogens (primary N) is 1. The molecule has 2 aromatic rings. The summed E-state index contributed by atoms with van der Waals surface area (Å²) in [7, 11) is 2.92. The largest absolute Gasteiger partial charge is 0.493 e. The highest BCUT2D eigenvalue weighted by Gasteiger charge is 2.16. The normalized spacial score (nSPS) is 10.6. The number of nitrogen functional groups attached to an aromatic ring is 1. The zero-order chi connectivity index (χ0) is 13.1. The van der Waals surface area contributed by atoms with Crippen LogP contribution in [0.15, 0.2) is 18.2 Å². The van der Waals surface area contributed by atoms with Crippen molar-refractivity contribution < 1.29 is 13.9 Å². The Morgan fingerprint density at radius 3 is 2.72 bits per heavy atom. The minimum absolute atomic E-state index is 0.146. The van der Waals surface area contributed by atoms with Gasteiger partial charge in [-0.25, -0.2) is 4.39 Å². The van der Waals surface area contributed by atoms with E-state index in [0.29, 0.717) is 22.6 Å². The molecule has 3 N–H and O–H groups in total. The van der Waals surface area contributed by atoms with E-state index in [2.05, 4.69) is 10.2 Å². The number of nitrogens with zero attached hydrogens (tertiary/aromatic N) is 1. The zero-order valence-electron chi connectivity index (χ0n) is 10.2. The molecular formula is C12H14FN3O2. The number of hydrogen-bond acceptors (Lipinski definition) is 4. The van der Waals surface area contributed by atoms with E-state index in [1.807, 2.05) is 0 Å². The van der Waals surface area contributed by atoms with Gasteiger partial charge in [-0.1, -0.05) is 6.07 Å². The predicted molar refractivity (Wildman–Crippen MR) is 65.7 cm³/mol. The Balaban J connectivity index is 2.52. The first kappa shape index (κ1) is 12.4. The molecule has 0 atom stereocenters. The summed E-state index contributed by atoms with van der Waals surface area (Å²) in [4.78, 5) is 0. The van der Waals surface area contributed by atoms with Crippen LogP contribution >= 0.6 is 0 Å². The SMILES string of the molecule is COCc1ccc(-c2cc(N)n[nH]2)c(OC)c1F. The summed E-state index contributed by atoms with van der Waals surface area (Å²) < 4.78 is 24.2. The number of rotatable bonds is 4. The Hall–Kier alpha value is -2.08. The van der Waals surface area contributed by atoms with Gasteiger partial charge in [0.2, 0.25) is 0 Å². The third kappa shape index (κ3) is 2.14. The number of benzene rings is 1. The van der Waals surface area contributed by atoms with Crippen LogP contribution in [0.2, 0.25) is 0 Å². The Morgan fingerprint density at radius 1 is 1.39 bits per heavy atom. The van der Waals surface area contributed by atoms with Gasteiger partial charge < -0.3 is 15.2 Å². The van der Waals surface area contributed by atoms with E-state index in [1.165, 1.54) is 14.2 Å². The van der Waals surface area contributed by atoms with Gasteiger partial charge in [0.1, 0.15) is 5.82 Å². The molecule has 2 rings (SSSR count). The van der Waals surface area contributed by atoms with E-state index >= 15 is 0 Å². The quantitative estimate of drug-likeness (QED) is 0.871. The van der Waals surface area contributed by atoms with Crippen LogP contribution in [0.3, 0.4) is 0 Å². The van der Waals surface area contributed by atoms with Crippen LogP contribution in [0.25, 0.3) is 11.3 Å². The van der Waals surface area contributed by atoms with Crippen molar-refractivity contribution in [1.29, 1.82) is 0 Å². The van der Waals surface area contributed by atoms with Crippen LogP contribution < -0.4 is 10.5 Å². The Bertz CT molecular complexity index is 554. The molecule has 1 heterocycles. The lowest BCUT2D eigenvalue weighted by Crippen LogP contribution is -1.99. The van der Waals surface area contributed by atoms with Crippen LogP contribution in [0, 0.1) is 5.82 Å². The Kier molecular flexibility index (Phi) is 3.47. The third-order valence-corrected chi connectivity index (χ3v) is 2.57. The summed E-state index contributed by atoms with van der Waals surface area (Å²) in [6.45, 7) is 0.188. The summed E-state index contributed by atoms with van der Waals surface area (Å²) >= 11 is 0. The first-order chi connectivity index (χ1) is 8.67. The minimum atomic E-state index is -0.440. The fourth-order valence-corrected chi connectivity index (χ4v) is 1.75. The number of halogens is 1. The highest BCUT2D eigenvalue weighted by atomic mass is 19.1. The van der Waals surface area contributed by atoms with Crippen molar-refractivity contribution >= 4 is 5.82 Å². The van der Waals surface area contributed by atoms with Crippen LogP contribution in [0.1, 0.15) is 5.56 Å². The van der Waals surface area contributed by atoms with Gasteiger partial charge in [0.25, 0.3) is 0 Å². The highest BCUT2D eigenvalue weighted by molar-refractivity contribution is 5.70. The average molecular weight is 251 g/mol. The van der Waals surface area contributed by atoms with Crippen molar-refractivity contribution in [3.63, 3.8) is 0 Å². The molecule has 0 saturated carbocycles. The molecular weight excluding hydrogens is 237 g/mol. The Morgan fingerprint density at radius 2 is 2.17 bits per heavy atom. The third-order valence-electron chi connectivity index (χ3n) is 2.57. The molecule has 0 spiro atoms. The molecule has 18 heavy (non-hydrogen) atoms. The van der Waals surface area contributed by atoms with E-state index < -0.39 is 5.82 Å². The van der Waals surface area contributed by atoms with E-state index in [9.17, 15) is 4.39 Å². The summed E-state index contributed by atoms with van der Waals surface area (Å²) in [5.41, 5.74) is 7.13. The lowest BCUT2D eigenvalue weighted by Gasteiger charge is -2.11. The molecule has 0 fully saturated rings. The van der Waals surface area contributed by atoms with Gasteiger partial charge in [-0.05, 0) is 6.07 Å². The number of H-pyrrole nitrogens is 1. The number of ether oxygens (including phenoxy) is 2. The van der Waals surface area contributed by atoms with Crippen molar-refractivity contribution in [2.75, 3.05) is 20.0 Å². The molecule has 96 valence electrons. The van der Waals surface area contributed by atoms with Crippen molar-refractivity contribution in [3.8, 4) is 17.0 Å². The van der Waals surface area contributed by atoms with E-state index in [0.717, 1.165) is 0 Å². The van der Waals surface area contributed by atoms with Gasteiger partial charge in [-0.3, -0.25) is 5.10 Å². The number of aromatic nitrogens is 2. The first-order valence-electron chi connectivity index (χ1n) is 5.33. The fraction of sp³-hybridized carbons (Fsp3) is 0.250. The van der Waals surface area contributed by atoms with Crippen LogP contribution in [0.5, 0.6) is 5.75 Å². The van der Waals surface area contributed by atoms with Gasteiger partial charge >= 0.3 is 0 Å². The molecule has 0 aliphatic carbocycles. The molecule has 0 amide bonds. The number of hydrogen-bond donors (Lipinski definition) is 2. The maximum Gasteiger partial charge on any atom is 0.171 e. The summed E-state index contributed by atoms with van der Waals surface area (Å²) in [6.07, 6.45) is 0. The van der Waals surface area contributed by atoms with E-state index in [1.54, 1.807) is 18.2 Å². The van der Waals surface area contributed by atoms with Gasteiger partial charge in [0.15, 0.2) is 11.6 Å². The predicted octanol–water partition coefficient (Wildman–Crippen LogP) is 1.95. The lowest BCUT2D eigenvalue weighted by atomic mass is 10.1. The van der Waals surface area contributed by atoms with Crippen molar-refractivity contribution in [2.45, 2.75) is 6.61 Å².